The third-order valence-electron chi connectivity index (χ3n) is 5.70. The van der Waals surface area contributed by atoms with Crippen LogP contribution in [-0.2, 0) is 17.8 Å². The van der Waals surface area contributed by atoms with Gasteiger partial charge < -0.3 is 15.5 Å². The van der Waals surface area contributed by atoms with Gasteiger partial charge in [0.1, 0.15) is 27.6 Å². The van der Waals surface area contributed by atoms with Crippen molar-refractivity contribution >= 4 is 52.5 Å². The number of fused-ring (bicyclic) bond motifs is 1. The minimum atomic E-state index is -0.327. The summed E-state index contributed by atoms with van der Waals surface area (Å²) in [5.74, 6) is 1.43. The van der Waals surface area contributed by atoms with Gasteiger partial charge in [0.05, 0.1) is 30.5 Å². The molecule has 34 heavy (non-hydrogen) atoms. The van der Waals surface area contributed by atoms with Crippen LogP contribution in [0.15, 0.2) is 6.20 Å². The zero-order valence-corrected chi connectivity index (χ0v) is 20.9. The summed E-state index contributed by atoms with van der Waals surface area (Å²) in [6.07, 6.45) is 6.08. The van der Waals surface area contributed by atoms with Crippen LogP contribution in [0.5, 0.6) is 5.75 Å². The number of nitrogen functional groups attached to an aromatic ring is 1. The lowest BCUT2D eigenvalue weighted by molar-refractivity contribution is -0.113. The summed E-state index contributed by atoms with van der Waals surface area (Å²) in [4.78, 5) is 35.6. The molecule has 3 aromatic heterocycles. The summed E-state index contributed by atoms with van der Waals surface area (Å²) in [6, 6.07) is 0. The first-order chi connectivity index (χ1) is 16.2. The molecule has 1 aliphatic rings. The Labute approximate surface area is 207 Å². The Bertz CT molecular complexity index is 1300. The van der Waals surface area contributed by atoms with Crippen LogP contribution in [0.25, 0.3) is 11.6 Å². The van der Waals surface area contributed by atoms with Crippen LogP contribution in [0.1, 0.15) is 53.7 Å². The fraction of sp³-hybridized carbons (Fsp3) is 0.348. The minimum Gasteiger partial charge on any atom is -0.496 e. The highest BCUT2D eigenvalue weighted by Crippen LogP contribution is 2.42. The van der Waals surface area contributed by atoms with Crippen LogP contribution in [-0.4, -0.2) is 37.9 Å². The van der Waals surface area contributed by atoms with E-state index in [0.717, 1.165) is 42.0 Å². The molecular weight excluding hydrogens is 477 g/mol. The number of rotatable bonds is 7. The molecule has 0 aromatic carbocycles. The zero-order valence-electron chi connectivity index (χ0n) is 19.4. The highest BCUT2D eigenvalue weighted by atomic mass is 35.5. The predicted octanol–water partition coefficient (Wildman–Crippen LogP) is 4.54. The number of nitrogens with one attached hydrogen (secondary N) is 1. The standard InChI is InChI=1S/C23H25Cl2N7O2/c1-5-6-7-16-28-14(19(24)29-16)8-13-17-20(25)30-23(26)31-21(17)32(22(13)33)10-15-12(3)18(34-4)11(2)9-27-15/h8-9H,5-7,10H2,1-4H3,(H,28,29)(H2,26,30,31). The van der Waals surface area contributed by atoms with Gasteiger partial charge in [0.2, 0.25) is 5.95 Å². The van der Waals surface area contributed by atoms with Crippen molar-refractivity contribution in [2.75, 3.05) is 17.7 Å². The van der Waals surface area contributed by atoms with Crippen LogP contribution in [0.3, 0.4) is 0 Å². The number of amides is 1. The first kappa shape index (κ1) is 24.0. The van der Waals surface area contributed by atoms with Gasteiger partial charge in [-0.05, 0) is 26.3 Å². The number of aromatic amines is 1. The molecule has 1 aliphatic heterocycles. The molecule has 0 atom stereocenters. The maximum Gasteiger partial charge on any atom is 0.260 e. The second kappa shape index (κ2) is 9.60. The number of H-pyrrole nitrogens is 1. The van der Waals surface area contributed by atoms with Gasteiger partial charge in [-0.25, -0.2) is 9.97 Å². The average molecular weight is 502 g/mol. The van der Waals surface area contributed by atoms with Crippen LogP contribution in [0.4, 0.5) is 11.8 Å². The van der Waals surface area contributed by atoms with Crippen molar-refractivity contribution in [2.45, 2.75) is 46.6 Å². The van der Waals surface area contributed by atoms with Crippen molar-refractivity contribution in [2.24, 2.45) is 0 Å². The summed E-state index contributed by atoms with van der Waals surface area (Å²) < 4.78 is 5.51. The van der Waals surface area contributed by atoms with Crippen molar-refractivity contribution in [3.05, 3.63) is 50.4 Å². The van der Waals surface area contributed by atoms with E-state index in [1.54, 1.807) is 19.4 Å². The normalized spacial score (nSPS) is 14.2. The molecule has 0 spiro atoms. The topological polar surface area (TPSA) is 123 Å². The molecule has 0 saturated heterocycles. The Balaban J connectivity index is 1.79. The molecule has 3 N–H and O–H groups in total. The number of aryl methyl sites for hydroxylation is 2. The smallest absolute Gasteiger partial charge is 0.260 e. The number of anilines is 2. The molecule has 178 valence electrons. The molecule has 3 aromatic rings. The molecule has 9 nitrogen and oxygen atoms in total. The van der Waals surface area contributed by atoms with E-state index < -0.39 is 0 Å². The van der Waals surface area contributed by atoms with E-state index in [4.69, 9.17) is 33.7 Å². The Morgan fingerprint density at radius 3 is 2.71 bits per heavy atom. The second-order valence-electron chi connectivity index (χ2n) is 8.05. The number of carbonyl (C=O) groups is 1. The SMILES string of the molecule is CCCCc1nc(C=C2C(=O)N(Cc3ncc(C)c(OC)c3C)c3nc(N)nc(Cl)c32)c(Cl)[nH]1. The number of pyridine rings is 1. The molecule has 0 unspecified atom stereocenters. The Morgan fingerprint density at radius 1 is 1.24 bits per heavy atom. The second-order valence-corrected chi connectivity index (χ2v) is 8.79. The van der Waals surface area contributed by atoms with E-state index in [9.17, 15) is 4.79 Å². The van der Waals surface area contributed by atoms with E-state index in [1.807, 2.05) is 13.8 Å². The lowest BCUT2D eigenvalue weighted by Crippen LogP contribution is -2.27. The number of unbranched alkanes of at least 4 members (excludes halogenated alkanes) is 1. The average Bonchev–Trinajstić information content (AvgIpc) is 3.26. The van der Waals surface area contributed by atoms with Crippen molar-refractivity contribution < 1.29 is 9.53 Å². The van der Waals surface area contributed by atoms with E-state index in [1.165, 1.54) is 4.90 Å². The number of hydrogen-bond donors (Lipinski definition) is 2. The van der Waals surface area contributed by atoms with Gasteiger partial charge in [0.25, 0.3) is 5.91 Å². The molecule has 4 rings (SSSR count). The van der Waals surface area contributed by atoms with Crippen molar-refractivity contribution in [1.82, 2.24) is 24.9 Å². The summed E-state index contributed by atoms with van der Waals surface area (Å²) >= 11 is 12.8. The van der Waals surface area contributed by atoms with Gasteiger partial charge in [-0.1, -0.05) is 36.5 Å². The highest BCUT2D eigenvalue weighted by Gasteiger charge is 2.38. The Morgan fingerprint density at radius 2 is 2.00 bits per heavy atom. The fourth-order valence-electron chi connectivity index (χ4n) is 3.98. The number of nitrogens with two attached hydrogens (primary N) is 1. The van der Waals surface area contributed by atoms with Crippen LogP contribution >= 0.6 is 23.2 Å². The first-order valence-electron chi connectivity index (χ1n) is 10.9. The van der Waals surface area contributed by atoms with Crippen molar-refractivity contribution in [3.8, 4) is 5.75 Å². The molecule has 4 heterocycles. The van der Waals surface area contributed by atoms with E-state index in [0.29, 0.717) is 27.9 Å². The maximum absolute atomic E-state index is 13.6. The monoisotopic (exact) mass is 501 g/mol. The van der Waals surface area contributed by atoms with Crippen molar-refractivity contribution in [1.29, 1.82) is 0 Å². The summed E-state index contributed by atoms with van der Waals surface area (Å²) in [6.45, 7) is 6.06. The van der Waals surface area contributed by atoms with Gasteiger partial charge in [-0.3, -0.25) is 14.7 Å². The number of hydrogen-bond acceptors (Lipinski definition) is 7. The van der Waals surface area contributed by atoms with Gasteiger partial charge in [-0.2, -0.15) is 4.98 Å². The van der Waals surface area contributed by atoms with Gasteiger partial charge in [0, 0.05) is 23.7 Å². The van der Waals surface area contributed by atoms with Gasteiger partial charge in [0.15, 0.2) is 5.82 Å². The third kappa shape index (κ3) is 4.33. The number of nitrogens with zero attached hydrogens (tertiary/aromatic N) is 5. The lowest BCUT2D eigenvalue weighted by Gasteiger charge is -2.19. The molecule has 0 fully saturated rings. The molecule has 11 heteroatoms. The number of methoxy groups -OCH3 is 1. The highest BCUT2D eigenvalue weighted by molar-refractivity contribution is 6.41. The lowest BCUT2D eigenvalue weighted by atomic mass is 10.1. The van der Waals surface area contributed by atoms with Crippen molar-refractivity contribution in [3.63, 3.8) is 0 Å². The molecule has 1 amide bonds. The van der Waals surface area contributed by atoms with Crippen LogP contribution in [0, 0.1) is 13.8 Å². The quantitative estimate of drug-likeness (QED) is 0.359. The maximum atomic E-state index is 13.6. The summed E-state index contributed by atoms with van der Waals surface area (Å²) in [7, 11) is 1.60. The third-order valence-corrected chi connectivity index (χ3v) is 6.27. The molecule has 0 saturated carbocycles. The van der Waals surface area contributed by atoms with E-state index >= 15 is 0 Å². The number of aromatic nitrogens is 5. The predicted molar refractivity (Wildman–Crippen MR) is 133 cm³/mol. The number of carbonyl (C=O) groups excluding carboxylic acids is 1. The first-order valence-corrected chi connectivity index (χ1v) is 11.6. The largest absolute Gasteiger partial charge is 0.496 e. The van der Waals surface area contributed by atoms with E-state index in [2.05, 4.69) is 31.8 Å². The molecule has 0 bridgehead atoms. The van der Waals surface area contributed by atoms with Gasteiger partial charge in [-0.15, -0.1) is 0 Å². The van der Waals surface area contributed by atoms with Gasteiger partial charge >= 0.3 is 0 Å². The summed E-state index contributed by atoms with van der Waals surface area (Å²) in [5.41, 5.74) is 9.37. The summed E-state index contributed by atoms with van der Waals surface area (Å²) in [5, 5.41) is 0.424. The molecule has 0 aliphatic carbocycles. The molecule has 0 radical (unpaired) electrons. The van der Waals surface area contributed by atoms with Crippen LogP contribution in [0.2, 0.25) is 10.3 Å². The minimum absolute atomic E-state index is 0.0337. The molecular formula is C23H25Cl2N7O2. The Kier molecular flexibility index (Phi) is 6.77. The van der Waals surface area contributed by atoms with Crippen LogP contribution < -0.4 is 15.4 Å². The number of halogens is 2. The zero-order chi connectivity index (χ0) is 24.6. The fourth-order valence-corrected chi connectivity index (χ4v) is 4.46. The number of ether oxygens (including phenoxy) is 1. The Hall–Kier alpha value is -3.17. The number of imidazole rings is 1. The van der Waals surface area contributed by atoms with E-state index in [-0.39, 0.29) is 29.1 Å².